The third-order valence-electron chi connectivity index (χ3n) is 3.26. The lowest BCUT2D eigenvalue weighted by Crippen LogP contribution is -2.33. The number of aliphatic hydroxyl groups is 2. The molecule has 0 spiro atoms. The van der Waals surface area contributed by atoms with Crippen molar-refractivity contribution in [2.24, 2.45) is 17.3 Å². The average molecular weight is 154 g/mol. The maximum atomic E-state index is 9.14. The van der Waals surface area contributed by atoms with Crippen LogP contribution in [0.2, 0.25) is 0 Å². The summed E-state index contributed by atoms with van der Waals surface area (Å²) in [6.07, 6.45) is 6.48. The van der Waals surface area contributed by atoms with Gasteiger partial charge in [-0.25, -0.2) is 0 Å². The highest BCUT2D eigenvalue weighted by Crippen LogP contribution is 2.51. The van der Waals surface area contributed by atoms with E-state index < -0.39 is 0 Å². The average Bonchev–Trinajstić information content (AvgIpc) is 2.62. The van der Waals surface area contributed by atoms with Crippen LogP contribution in [0.4, 0.5) is 0 Å². The molecule has 62 valence electrons. The summed E-state index contributed by atoms with van der Waals surface area (Å²) in [6, 6.07) is 0. The van der Waals surface area contributed by atoms with E-state index in [1.807, 2.05) is 0 Å². The molecule has 11 heavy (non-hydrogen) atoms. The second-order valence-corrected chi connectivity index (χ2v) is 3.87. The Labute approximate surface area is 66.5 Å². The molecule has 1 saturated carbocycles. The largest absolute Gasteiger partial charge is 0.396 e. The molecule has 2 atom stereocenters. The predicted octanol–water partition coefficient (Wildman–Crippen LogP) is 0.553. The van der Waals surface area contributed by atoms with Crippen molar-refractivity contribution < 1.29 is 10.2 Å². The lowest BCUT2D eigenvalue weighted by Gasteiger charge is -2.31. The molecule has 0 unspecified atom stereocenters. The van der Waals surface area contributed by atoms with Crippen LogP contribution in [0.5, 0.6) is 0 Å². The summed E-state index contributed by atoms with van der Waals surface area (Å²) >= 11 is 0. The fourth-order valence-electron chi connectivity index (χ4n) is 2.47. The summed E-state index contributed by atoms with van der Waals surface area (Å²) in [5.41, 5.74) is -0.181. The molecule has 0 aromatic heterocycles. The van der Waals surface area contributed by atoms with Gasteiger partial charge in [-0.15, -0.1) is 0 Å². The number of fused-ring (bicyclic) bond motifs is 2. The zero-order valence-corrected chi connectivity index (χ0v) is 6.53. The standard InChI is InChI=1S/C9H14O2/c10-5-9(6-11)4-7-1-2-8(9)3-7/h1-2,7-8,10-11H,3-6H2/t7-,8-/m1/s1. The summed E-state index contributed by atoms with van der Waals surface area (Å²) in [4.78, 5) is 0. The Morgan fingerprint density at radius 1 is 1.27 bits per heavy atom. The van der Waals surface area contributed by atoms with Gasteiger partial charge in [0.15, 0.2) is 0 Å². The summed E-state index contributed by atoms with van der Waals surface area (Å²) < 4.78 is 0. The molecule has 0 aromatic carbocycles. The Bertz CT molecular complexity index is 182. The third kappa shape index (κ3) is 0.861. The van der Waals surface area contributed by atoms with Crippen molar-refractivity contribution in [1.29, 1.82) is 0 Å². The van der Waals surface area contributed by atoms with Gasteiger partial charge in [0, 0.05) is 5.41 Å². The van der Waals surface area contributed by atoms with Crippen molar-refractivity contribution in [2.75, 3.05) is 13.2 Å². The second kappa shape index (κ2) is 2.32. The summed E-state index contributed by atoms with van der Waals surface area (Å²) in [7, 11) is 0. The van der Waals surface area contributed by atoms with E-state index in [4.69, 9.17) is 10.2 Å². The van der Waals surface area contributed by atoms with E-state index in [0.29, 0.717) is 11.8 Å². The molecule has 2 aliphatic rings. The monoisotopic (exact) mass is 154 g/mol. The Hall–Kier alpha value is -0.340. The van der Waals surface area contributed by atoms with Crippen molar-refractivity contribution in [1.82, 2.24) is 0 Å². The van der Waals surface area contributed by atoms with Gasteiger partial charge in [-0.05, 0) is 24.7 Å². The van der Waals surface area contributed by atoms with Crippen LogP contribution >= 0.6 is 0 Å². The Morgan fingerprint density at radius 3 is 2.27 bits per heavy atom. The molecule has 1 fully saturated rings. The van der Waals surface area contributed by atoms with E-state index in [1.165, 1.54) is 0 Å². The van der Waals surface area contributed by atoms with E-state index in [9.17, 15) is 0 Å². The van der Waals surface area contributed by atoms with Gasteiger partial charge in [0.1, 0.15) is 0 Å². The van der Waals surface area contributed by atoms with Crippen molar-refractivity contribution in [3.8, 4) is 0 Å². The molecule has 0 radical (unpaired) electrons. The van der Waals surface area contributed by atoms with Crippen LogP contribution in [0, 0.1) is 17.3 Å². The van der Waals surface area contributed by atoms with Crippen LogP contribution in [0.1, 0.15) is 12.8 Å². The number of hydrogen-bond donors (Lipinski definition) is 2. The molecular formula is C9H14O2. The smallest absolute Gasteiger partial charge is 0.0515 e. The van der Waals surface area contributed by atoms with Gasteiger partial charge < -0.3 is 10.2 Å². The number of rotatable bonds is 2. The number of aliphatic hydroxyl groups excluding tert-OH is 2. The van der Waals surface area contributed by atoms with Crippen molar-refractivity contribution in [2.45, 2.75) is 12.8 Å². The normalized spacial score (nSPS) is 38.4. The quantitative estimate of drug-likeness (QED) is 0.570. The third-order valence-corrected chi connectivity index (χ3v) is 3.26. The first-order chi connectivity index (χ1) is 5.30. The maximum Gasteiger partial charge on any atom is 0.0515 e. The van der Waals surface area contributed by atoms with Gasteiger partial charge in [-0.2, -0.15) is 0 Å². The molecule has 2 bridgehead atoms. The lowest BCUT2D eigenvalue weighted by molar-refractivity contribution is 0.0335. The minimum Gasteiger partial charge on any atom is -0.396 e. The lowest BCUT2D eigenvalue weighted by atomic mass is 9.77. The van der Waals surface area contributed by atoms with Gasteiger partial charge in [0.05, 0.1) is 13.2 Å². The fraction of sp³-hybridized carbons (Fsp3) is 0.778. The first kappa shape index (κ1) is 7.32. The van der Waals surface area contributed by atoms with E-state index in [-0.39, 0.29) is 18.6 Å². The Morgan fingerprint density at radius 2 is 2.00 bits per heavy atom. The highest BCUT2D eigenvalue weighted by atomic mass is 16.3. The predicted molar refractivity (Wildman–Crippen MR) is 42.0 cm³/mol. The highest BCUT2D eigenvalue weighted by Gasteiger charge is 2.47. The first-order valence-corrected chi connectivity index (χ1v) is 4.21. The molecule has 0 aromatic rings. The van der Waals surface area contributed by atoms with Crippen molar-refractivity contribution >= 4 is 0 Å². The minimum atomic E-state index is -0.181. The summed E-state index contributed by atoms with van der Waals surface area (Å²) in [5.74, 6) is 1.06. The summed E-state index contributed by atoms with van der Waals surface area (Å²) in [5, 5.41) is 18.3. The van der Waals surface area contributed by atoms with Crippen LogP contribution in [0.25, 0.3) is 0 Å². The minimum absolute atomic E-state index is 0.134. The van der Waals surface area contributed by atoms with E-state index in [0.717, 1.165) is 12.8 Å². The van der Waals surface area contributed by atoms with Gasteiger partial charge in [0.25, 0.3) is 0 Å². The zero-order chi connectivity index (χ0) is 7.90. The van der Waals surface area contributed by atoms with Crippen LogP contribution in [0.15, 0.2) is 12.2 Å². The molecule has 2 aliphatic carbocycles. The maximum absolute atomic E-state index is 9.14. The van der Waals surface area contributed by atoms with Crippen molar-refractivity contribution in [3.63, 3.8) is 0 Å². The Balaban J connectivity index is 2.21. The van der Waals surface area contributed by atoms with E-state index in [1.54, 1.807) is 0 Å². The molecular weight excluding hydrogens is 140 g/mol. The zero-order valence-electron chi connectivity index (χ0n) is 6.53. The van der Waals surface area contributed by atoms with Gasteiger partial charge >= 0.3 is 0 Å². The SMILES string of the molecule is OCC1(CO)C[C@@H]2C=C[C@@H]1C2. The van der Waals surface area contributed by atoms with Gasteiger partial charge in [-0.3, -0.25) is 0 Å². The molecule has 2 nitrogen and oxygen atoms in total. The molecule has 2 N–H and O–H groups in total. The first-order valence-electron chi connectivity index (χ1n) is 4.21. The Kier molecular flexibility index (Phi) is 1.55. The van der Waals surface area contributed by atoms with Crippen molar-refractivity contribution in [3.05, 3.63) is 12.2 Å². The molecule has 2 heteroatoms. The van der Waals surface area contributed by atoms with Gasteiger partial charge in [-0.1, -0.05) is 12.2 Å². The topological polar surface area (TPSA) is 40.5 Å². The van der Waals surface area contributed by atoms with E-state index in [2.05, 4.69) is 12.2 Å². The molecule has 2 rings (SSSR count). The summed E-state index contributed by atoms with van der Waals surface area (Å²) in [6.45, 7) is 0.268. The number of allylic oxidation sites excluding steroid dienone is 2. The number of hydrogen-bond acceptors (Lipinski definition) is 2. The molecule has 0 amide bonds. The van der Waals surface area contributed by atoms with Crippen LogP contribution < -0.4 is 0 Å². The molecule has 0 aliphatic heterocycles. The van der Waals surface area contributed by atoms with Crippen LogP contribution in [0.3, 0.4) is 0 Å². The van der Waals surface area contributed by atoms with Gasteiger partial charge in [0.2, 0.25) is 0 Å². The van der Waals surface area contributed by atoms with Crippen LogP contribution in [-0.2, 0) is 0 Å². The van der Waals surface area contributed by atoms with E-state index >= 15 is 0 Å². The second-order valence-electron chi connectivity index (χ2n) is 3.87. The van der Waals surface area contributed by atoms with Crippen LogP contribution in [-0.4, -0.2) is 23.4 Å². The molecule has 0 heterocycles. The highest BCUT2D eigenvalue weighted by molar-refractivity contribution is 5.15. The molecule has 0 saturated heterocycles. The fourth-order valence-corrected chi connectivity index (χ4v) is 2.47.